The molecule has 0 aromatic heterocycles. The topological polar surface area (TPSA) is 89.8 Å². The summed E-state index contributed by atoms with van der Waals surface area (Å²) in [4.78, 5) is 12.5. The van der Waals surface area contributed by atoms with Crippen LogP contribution in [0.1, 0.15) is 296 Å². The number of aliphatic hydroxyl groups is 3. The van der Waals surface area contributed by atoms with Crippen LogP contribution in [-0.2, 0) is 4.79 Å². The Kier molecular flexibility index (Phi) is 49.5. The van der Waals surface area contributed by atoms with Gasteiger partial charge in [-0.05, 0) is 32.1 Å². The highest BCUT2D eigenvalue weighted by Gasteiger charge is 2.22. The lowest BCUT2D eigenvalue weighted by Crippen LogP contribution is -2.48. The number of nitrogens with one attached hydrogen (secondary N) is 1. The molecular formula is C55H107NO4. The van der Waals surface area contributed by atoms with Crippen LogP contribution in [0.3, 0.4) is 0 Å². The van der Waals surface area contributed by atoms with Gasteiger partial charge in [-0.3, -0.25) is 4.79 Å². The van der Waals surface area contributed by atoms with E-state index in [1.807, 2.05) is 6.08 Å². The summed E-state index contributed by atoms with van der Waals surface area (Å²) < 4.78 is 0. The molecular weight excluding hydrogens is 739 g/mol. The molecule has 0 aliphatic heterocycles. The maximum Gasteiger partial charge on any atom is 0.249 e. The van der Waals surface area contributed by atoms with Gasteiger partial charge in [0.2, 0.25) is 5.91 Å². The first kappa shape index (κ1) is 58.8. The summed E-state index contributed by atoms with van der Waals surface area (Å²) in [5.74, 6) is -0.507. The number of unbranched alkanes of at least 4 members (excludes halogenated alkanes) is 40. The maximum atomic E-state index is 12.5. The van der Waals surface area contributed by atoms with Crippen LogP contribution in [0.2, 0.25) is 0 Å². The molecule has 0 spiro atoms. The summed E-state index contributed by atoms with van der Waals surface area (Å²) in [6.45, 7) is 4.21. The summed E-state index contributed by atoms with van der Waals surface area (Å²) in [7, 11) is 0. The molecule has 0 bridgehead atoms. The third-order valence-electron chi connectivity index (χ3n) is 12.8. The van der Waals surface area contributed by atoms with Gasteiger partial charge in [-0.2, -0.15) is 0 Å². The van der Waals surface area contributed by atoms with E-state index in [0.29, 0.717) is 6.42 Å². The fourth-order valence-electron chi connectivity index (χ4n) is 8.56. The minimum absolute atomic E-state index is 0.372. The molecule has 4 N–H and O–H groups in total. The largest absolute Gasteiger partial charge is 0.394 e. The van der Waals surface area contributed by atoms with Crippen molar-refractivity contribution in [3.63, 3.8) is 0 Å². The van der Waals surface area contributed by atoms with E-state index in [2.05, 4.69) is 31.3 Å². The Balaban J connectivity index is 3.60. The highest BCUT2D eigenvalue weighted by Crippen LogP contribution is 2.17. The van der Waals surface area contributed by atoms with Crippen LogP contribution in [-0.4, -0.2) is 46.1 Å². The monoisotopic (exact) mass is 846 g/mol. The molecule has 5 heteroatoms. The van der Waals surface area contributed by atoms with Crippen LogP contribution in [0.25, 0.3) is 0 Å². The first-order valence-electron chi connectivity index (χ1n) is 27.2. The smallest absolute Gasteiger partial charge is 0.249 e. The minimum atomic E-state index is -1.10. The lowest BCUT2D eigenvalue weighted by atomic mass is 10.0. The Bertz CT molecular complexity index is 890. The quantitative estimate of drug-likeness (QED) is 0.0363. The number of allylic oxidation sites excluding steroid dienone is 3. The standard InChI is InChI=1S/C55H107NO4/c1-3-5-7-9-11-13-15-17-19-21-23-25-27-28-30-32-34-36-38-40-42-44-46-48-50-54(59)55(60)56-52(51-57)53(58)49-47-45-43-41-39-37-35-33-31-29-26-24-22-20-18-16-14-12-10-8-6-4-2/h39,41,47,49,52-54,57-59H,3-38,40,42-46,48,50-51H2,1-2H3,(H,56,60)/b41-39+,49-47+. The molecule has 5 nitrogen and oxygen atoms in total. The van der Waals surface area contributed by atoms with E-state index in [1.54, 1.807) is 6.08 Å². The molecule has 0 radical (unpaired) electrons. The third kappa shape index (κ3) is 44.9. The average Bonchev–Trinajstić information content (AvgIpc) is 3.25. The fourth-order valence-corrected chi connectivity index (χ4v) is 8.56. The lowest BCUT2D eigenvalue weighted by molar-refractivity contribution is -0.131. The van der Waals surface area contributed by atoms with Gasteiger partial charge >= 0.3 is 0 Å². The second-order valence-corrected chi connectivity index (χ2v) is 18.8. The third-order valence-corrected chi connectivity index (χ3v) is 12.8. The van der Waals surface area contributed by atoms with Crippen molar-refractivity contribution in [2.75, 3.05) is 6.61 Å². The summed E-state index contributed by atoms with van der Waals surface area (Å²) in [6, 6.07) is -0.812. The van der Waals surface area contributed by atoms with Gasteiger partial charge in [-0.15, -0.1) is 0 Å². The van der Waals surface area contributed by atoms with Crippen molar-refractivity contribution >= 4 is 5.91 Å². The molecule has 60 heavy (non-hydrogen) atoms. The van der Waals surface area contributed by atoms with Crippen molar-refractivity contribution in [3.05, 3.63) is 24.3 Å². The van der Waals surface area contributed by atoms with E-state index in [1.165, 1.54) is 238 Å². The second kappa shape index (κ2) is 50.5. The number of hydrogen-bond donors (Lipinski definition) is 4. The zero-order valence-electron chi connectivity index (χ0n) is 40.6. The van der Waals surface area contributed by atoms with Crippen molar-refractivity contribution in [2.24, 2.45) is 0 Å². The summed E-state index contributed by atoms with van der Waals surface area (Å²) in [5, 5.41) is 33.3. The molecule has 0 heterocycles. The van der Waals surface area contributed by atoms with Crippen molar-refractivity contribution in [3.8, 4) is 0 Å². The molecule has 0 saturated carbocycles. The zero-order chi connectivity index (χ0) is 43.7. The molecule has 0 rings (SSSR count). The number of amides is 1. The van der Waals surface area contributed by atoms with Crippen LogP contribution in [0.4, 0.5) is 0 Å². The van der Waals surface area contributed by atoms with E-state index in [4.69, 9.17) is 0 Å². The van der Waals surface area contributed by atoms with Crippen molar-refractivity contribution in [1.29, 1.82) is 0 Å². The highest BCUT2D eigenvalue weighted by molar-refractivity contribution is 5.80. The fraction of sp³-hybridized carbons (Fsp3) is 0.909. The predicted molar refractivity (Wildman–Crippen MR) is 264 cm³/mol. The molecule has 0 aliphatic carbocycles. The number of aliphatic hydroxyl groups excluding tert-OH is 3. The van der Waals surface area contributed by atoms with Crippen molar-refractivity contribution in [1.82, 2.24) is 5.32 Å². The number of hydrogen-bond acceptors (Lipinski definition) is 4. The van der Waals surface area contributed by atoms with Gasteiger partial charge in [-0.25, -0.2) is 0 Å². The first-order valence-corrected chi connectivity index (χ1v) is 27.2. The van der Waals surface area contributed by atoms with E-state index in [0.717, 1.165) is 38.5 Å². The summed E-state index contributed by atoms with van der Waals surface area (Å²) in [5.41, 5.74) is 0. The first-order chi connectivity index (χ1) is 29.6. The van der Waals surface area contributed by atoms with Gasteiger partial charge < -0.3 is 20.6 Å². The lowest BCUT2D eigenvalue weighted by Gasteiger charge is -2.21. The van der Waals surface area contributed by atoms with Crippen molar-refractivity contribution in [2.45, 2.75) is 315 Å². The van der Waals surface area contributed by atoms with Crippen LogP contribution >= 0.6 is 0 Å². The molecule has 1 amide bonds. The molecule has 0 aromatic rings. The molecule has 3 unspecified atom stereocenters. The Hall–Kier alpha value is -1.17. The van der Waals surface area contributed by atoms with Crippen LogP contribution in [0, 0.1) is 0 Å². The zero-order valence-corrected chi connectivity index (χ0v) is 40.6. The van der Waals surface area contributed by atoms with Gasteiger partial charge in [0, 0.05) is 0 Å². The molecule has 3 atom stereocenters. The van der Waals surface area contributed by atoms with E-state index >= 15 is 0 Å². The van der Waals surface area contributed by atoms with Crippen molar-refractivity contribution < 1.29 is 20.1 Å². The SMILES string of the molecule is CCCCCCCCCCCCCCCCCC/C=C/CC/C=C/C(O)C(CO)NC(=O)C(O)CCCCCCCCCCCCCCCCCCCCCCCCCC. The maximum absolute atomic E-state index is 12.5. The minimum Gasteiger partial charge on any atom is -0.394 e. The number of carbonyl (C=O) groups is 1. The van der Waals surface area contributed by atoms with Gasteiger partial charge in [0.15, 0.2) is 0 Å². The molecule has 0 aliphatic rings. The van der Waals surface area contributed by atoms with E-state index in [-0.39, 0.29) is 6.61 Å². The second-order valence-electron chi connectivity index (χ2n) is 18.8. The van der Waals surface area contributed by atoms with Gasteiger partial charge in [0.05, 0.1) is 18.8 Å². The van der Waals surface area contributed by atoms with Crippen LogP contribution < -0.4 is 5.32 Å². The van der Waals surface area contributed by atoms with E-state index < -0.39 is 24.2 Å². The Morgan fingerprint density at radius 1 is 0.400 bits per heavy atom. The van der Waals surface area contributed by atoms with Gasteiger partial charge in [0.25, 0.3) is 0 Å². The Morgan fingerprint density at radius 2 is 0.683 bits per heavy atom. The molecule has 356 valence electrons. The molecule has 0 fully saturated rings. The summed E-state index contributed by atoms with van der Waals surface area (Å²) in [6.07, 6.45) is 63.9. The number of rotatable bonds is 50. The van der Waals surface area contributed by atoms with E-state index in [9.17, 15) is 20.1 Å². The Labute approximate surface area is 375 Å². The normalized spacial score (nSPS) is 13.5. The average molecular weight is 846 g/mol. The summed E-state index contributed by atoms with van der Waals surface area (Å²) >= 11 is 0. The van der Waals surface area contributed by atoms with Gasteiger partial charge in [-0.1, -0.05) is 289 Å². The van der Waals surface area contributed by atoms with Gasteiger partial charge in [0.1, 0.15) is 6.10 Å². The number of carbonyl (C=O) groups excluding carboxylic acids is 1. The molecule has 0 aromatic carbocycles. The van der Waals surface area contributed by atoms with Crippen LogP contribution in [0.15, 0.2) is 24.3 Å². The predicted octanol–water partition coefficient (Wildman–Crippen LogP) is 16.5. The molecule has 0 saturated heterocycles. The highest BCUT2D eigenvalue weighted by atomic mass is 16.3. The Morgan fingerprint density at radius 3 is 1.02 bits per heavy atom. The van der Waals surface area contributed by atoms with Crippen LogP contribution in [0.5, 0.6) is 0 Å².